The zero-order valence-corrected chi connectivity index (χ0v) is 11.2. The number of fused-ring (bicyclic) bond motifs is 1. The van der Waals surface area contributed by atoms with E-state index in [1.54, 1.807) is 0 Å². The van der Waals surface area contributed by atoms with Crippen LogP contribution in [0.3, 0.4) is 0 Å². The molecule has 1 aliphatic heterocycles. The zero-order chi connectivity index (χ0) is 13.9. The van der Waals surface area contributed by atoms with Gasteiger partial charge in [0, 0.05) is 12.6 Å². The molecule has 0 aromatic heterocycles. The molecule has 3 heteroatoms. The SMILES string of the molecule is O=C(O)Cc1ccccc1[C@@H]1Cc2ccccc2CN1. The molecule has 2 N–H and O–H groups in total. The Kier molecular flexibility index (Phi) is 3.52. The van der Waals surface area contributed by atoms with Gasteiger partial charge in [0.05, 0.1) is 6.42 Å². The molecule has 3 rings (SSSR count). The number of benzene rings is 2. The smallest absolute Gasteiger partial charge is 0.307 e. The van der Waals surface area contributed by atoms with E-state index in [1.807, 2.05) is 24.3 Å². The van der Waals surface area contributed by atoms with Crippen molar-refractivity contribution >= 4 is 5.97 Å². The first-order chi connectivity index (χ1) is 9.74. The summed E-state index contributed by atoms with van der Waals surface area (Å²) in [6.45, 7) is 0.836. The van der Waals surface area contributed by atoms with E-state index in [9.17, 15) is 4.79 Å². The summed E-state index contributed by atoms with van der Waals surface area (Å²) in [4.78, 5) is 11.0. The summed E-state index contributed by atoms with van der Waals surface area (Å²) in [5.41, 5.74) is 4.68. The zero-order valence-electron chi connectivity index (χ0n) is 11.2. The van der Waals surface area contributed by atoms with Crippen molar-refractivity contribution in [3.63, 3.8) is 0 Å². The fourth-order valence-corrected chi connectivity index (χ4v) is 2.87. The summed E-state index contributed by atoms with van der Waals surface area (Å²) in [6.07, 6.45) is 0.989. The first-order valence-electron chi connectivity index (χ1n) is 6.84. The Bertz CT molecular complexity index is 636. The summed E-state index contributed by atoms with van der Waals surface area (Å²) in [5.74, 6) is -0.784. The van der Waals surface area contributed by atoms with Gasteiger partial charge in [-0.15, -0.1) is 0 Å². The molecule has 0 saturated carbocycles. The Morgan fingerprint density at radius 2 is 1.80 bits per heavy atom. The molecule has 102 valence electrons. The van der Waals surface area contributed by atoms with E-state index in [0.29, 0.717) is 0 Å². The highest BCUT2D eigenvalue weighted by Crippen LogP contribution is 2.28. The number of carboxylic acid groups (broad SMARTS) is 1. The standard InChI is InChI=1S/C17H17NO2/c19-17(20)10-13-6-3-4-8-15(13)16-9-12-5-1-2-7-14(12)11-18-16/h1-8,16,18H,9-11H2,(H,19,20)/t16-/m0/s1. The van der Waals surface area contributed by atoms with Crippen LogP contribution in [0.2, 0.25) is 0 Å². The Morgan fingerprint density at radius 1 is 1.10 bits per heavy atom. The molecule has 0 unspecified atom stereocenters. The van der Waals surface area contributed by atoms with E-state index < -0.39 is 5.97 Å². The maximum atomic E-state index is 11.0. The van der Waals surface area contributed by atoms with Crippen molar-refractivity contribution in [2.45, 2.75) is 25.4 Å². The Labute approximate surface area is 118 Å². The van der Waals surface area contributed by atoms with Crippen molar-refractivity contribution in [1.82, 2.24) is 5.32 Å². The number of carbonyl (C=O) groups is 1. The quantitative estimate of drug-likeness (QED) is 0.899. The fraction of sp³-hybridized carbons (Fsp3) is 0.235. The van der Waals surface area contributed by atoms with E-state index in [2.05, 4.69) is 29.6 Å². The molecule has 0 bridgehead atoms. The van der Waals surface area contributed by atoms with Gasteiger partial charge in [0.25, 0.3) is 0 Å². The highest BCUT2D eigenvalue weighted by Gasteiger charge is 2.21. The second kappa shape index (κ2) is 5.47. The highest BCUT2D eigenvalue weighted by atomic mass is 16.4. The molecule has 0 fully saturated rings. The van der Waals surface area contributed by atoms with Crippen molar-refractivity contribution in [2.75, 3.05) is 0 Å². The number of nitrogens with one attached hydrogen (secondary N) is 1. The van der Waals surface area contributed by atoms with E-state index in [1.165, 1.54) is 11.1 Å². The molecular formula is C17H17NO2. The molecule has 1 heterocycles. The third kappa shape index (κ3) is 2.58. The van der Waals surface area contributed by atoms with Crippen LogP contribution in [0.15, 0.2) is 48.5 Å². The molecule has 0 spiro atoms. The van der Waals surface area contributed by atoms with Crippen LogP contribution in [0.4, 0.5) is 0 Å². The van der Waals surface area contributed by atoms with Gasteiger partial charge in [-0.1, -0.05) is 48.5 Å². The van der Waals surface area contributed by atoms with Gasteiger partial charge >= 0.3 is 5.97 Å². The average molecular weight is 267 g/mol. The second-order valence-electron chi connectivity index (χ2n) is 5.18. The monoisotopic (exact) mass is 267 g/mol. The lowest BCUT2D eigenvalue weighted by Crippen LogP contribution is -2.29. The normalized spacial score (nSPS) is 17.5. The van der Waals surface area contributed by atoms with Crippen LogP contribution in [0.1, 0.15) is 28.3 Å². The van der Waals surface area contributed by atoms with Gasteiger partial charge in [0.1, 0.15) is 0 Å². The minimum atomic E-state index is -0.784. The van der Waals surface area contributed by atoms with E-state index in [0.717, 1.165) is 24.1 Å². The molecule has 0 saturated heterocycles. The maximum absolute atomic E-state index is 11.0. The lowest BCUT2D eigenvalue weighted by molar-refractivity contribution is -0.136. The lowest BCUT2D eigenvalue weighted by Gasteiger charge is -2.28. The van der Waals surface area contributed by atoms with Gasteiger partial charge < -0.3 is 10.4 Å². The first kappa shape index (κ1) is 12.9. The minimum absolute atomic E-state index is 0.0794. The molecule has 0 aliphatic carbocycles. The van der Waals surface area contributed by atoms with Gasteiger partial charge in [-0.05, 0) is 28.7 Å². The van der Waals surface area contributed by atoms with Gasteiger partial charge in [-0.25, -0.2) is 0 Å². The van der Waals surface area contributed by atoms with Gasteiger partial charge in [-0.3, -0.25) is 4.79 Å². The predicted octanol–water partition coefficient (Wildman–Crippen LogP) is 2.70. The van der Waals surface area contributed by atoms with Gasteiger partial charge in [0.2, 0.25) is 0 Å². The third-order valence-corrected chi connectivity index (χ3v) is 3.85. The molecule has 0 amide bonds. The van der Waals surface area contributed by atoms with Crippen LogP contribution in [-0.2, 0) is 24.2 Å². The fourth-order valence-electron chi connectivity index (χ4n) is 2.87. The number of aliphatic carboxylic acids is 1. The highest BCUT2D eigenvalue weighted by molar-refractivity contribution is 5.70. The largest absolute Gasteiger partial charge is 0.481 e. The van der Waals surface area contributed by atoms with E-state index >= 15 is 0 Å². The van der Waals surface area contributed by atoms with Crippen LogP contribution >= 0.6 is 0 Å². The van der Waals surface area contributed by atoms with Crippen molar-refractivity contribution in [3.8, 4) is 0 Å². The second-order valence-corrected chi connectivity index (χ2v) is 5.18. The third-order valence-electron chi connectivity index (χ3n) is 3.85. The Balaban J connectivity index is 1.90. The van der Waals surface area contributed by atoms with Crippen LogP contribution in [0, 0.1) is 0 Å². The van der Waals surface area contributed by atoms with Crippen molar-refractivity contribution < 1.29 is 9.90 Å². The first-order valence-corrected chi connectivity index (χ1v) is 6.84. The molecule has 1 atom stereocenters. The number of hydrogen-bond donors (Lipinski definition) is 2. The summed E-state index contributed by atoms with van der Waals surface area (Å²) in [7, 11) is 0. The van der Waals surface area contributed by atoms with Crippen molar-refractivity contribution in [2.24, 2.45) is 0 Å². The lowest BCUT2D eigenvalue weighted by atomic mass is 9.89. The van der Waals surface area contributed by atoms with E-state index in [-0.39, 0.29) is 12.5 Å². The average Bonchev–Trinajstić information content (AvgIpc) is 2.47. The van der Waals surface area contributed by atoms with Crippen LogP contribution in [0.5, 0.6) is 0 Å². The topological polar surface area (TPSA) is 49.3 Å². The number of hydrogen-bond acceptors (Lipinski definition) is 2. The molecule has 2 aromatic carbocycles. The Hall–Kier alpha value is -2.13. The van der Waals surface area contributed by atoms with E-state index in [4.69, 9.17) is 5.11 Å². The molecule has 20 heavy (non-hydrogen) atoms. The van der Waals surface area contributed by atoms with Gasteiger partial charge in [0.15, 0.2) is 0 Å². The van der Waals surface area contributed by atoms with Crippen LogP contribution < -0.4 is 5.32 Å². The number of rotatable bonds is 3. The van der Waals surface area contributed by atoms with Crippen LogP contribution in [-0.4, -0.2) is 11.1 Å². The van der Waals surface area contributed by atoms with Crippen molar-refractivity contribution in [1.29, 1.82) is 0 Å². The maximum Gasteiger partial charge on any atom is 0.307 e. The number of carboxylic acids is 1. The summed E-state index contributed by atoms with van der Waals surface area (Å²) in [6, 6.07) is 16.4. The predicted molar refractivity (Wildman–Crippen MR) is 77.5 cm³/mol. The minimum Gasteiger partial charge on any atom is -0.481 e. The molecular weight excluding hydrogens is 250 g/mol. The molecule has 2 aromatic rings. The Morgan fingerprint density at radius 3 is 2.60 bits per heavy atom. The van der Waals surface area contributed by atoms with Gasteiger partial charge in [-0.2, -0.15) is 0 Å². The molecule has 1 aliphatic rings. The van der Waals surface area contributed by atoms with Crippen LogP contribution in [0.25, 0.3) is 0 Å². The summed E-state index contributed by atoms with van der Waals surface area (Å²) < 4.78 is 0. The summed E-state index contributed by atoms with van der Waals surface area (Å²) >= 11 is 0. The summed E-state index contributed by atoms with van der Waals surface area (Å²) in [5, 5.41) is 12.5. The molecule has 3 nitrogen and oxygen atoms in total. The molecule has 0 radical (unpaired) electrons. The van der Waals surface area contributed by atoms with Crippen molar-refractivity contribution in [3.05, 3.63) is 70.8 Å².